The van der Waals surface area contributed by atoms with Crippen LogP contribution in [-0.2, 0) is 20.7 Å². The zero-order chi connectivity index (χ0) is 20.3. The largest absolute Gasteiger partial charge is 0.381 e. The molecule has 3 atom stereocenters. The molecular formula is C25H36N2O3. The van der Waals surface area contributed by atoms with Crippen LogP contribution in [0.5, 0.6) is 0 Å². The third-order valence-electron chi connectivity index (χ3n) is 7.97. The van der Waals surface area contributed by atoms with Crippen LogP contribution >= 0.6 is 0 Å². The molecule has 1 aromatic carbocycles. The van der Waals surface area contributed by atoms with Gasteiger partial charge in [-0.3, -0.25) is 9.69 Å². The van der Waals surface area contributed by atoms with Crippen LogP contribution in [0.15, 0.2) is 24.3 Å². The van der Waals surface area contributed by atoms with Gasteiger partial charge in [-0.05, 0) is 61.0 Å². The molecule has 30 heavy (non-hydrogen) atoms. The van der Waals surface area contributed by atoms with E-state index in [1.165, 1.54) is 24.0 Å². The van der Waals surface area contributed by atoms with Crippen LogP contribution < -0.4 is 0 Å². The summed E-state index contributed by atoms with van der Waals surface area (Å²) in [4.78, 5) is 17.7. The lowest BCUT2D eigenvalue weighted by atomic mass is 9.86. The number of carbonyl (C=O) groups is 1. The van der Waals surface area contributed by atoms with E-state index < -0.39 is 0 Å². The first-order valence-electron chi connectivity index (χ1n) is 12.0. The van der Waals surface area contributed by atoms with Gasteiger partial charge in [-0.1, -0.05) is 24.3 Å². The summed E-state index contributed by atoms with van der Waals surface area (Å²) in [5, 5.41) is 0. The first-order chi connectivity index (χ1) is 14.8. The molecule has 1 amide bonds. The highest BCUT2D eigenvalue weighted by Crippen LogP contribution is 2.47. The lowest BCUT2D eigenvalue weighted by Crippen LogP contribution is -2.37. The van der Waals surface area contributed by atoms with Gasteiger partial charge in [-0.25, -0.2) is 0 Å². The predicted molar refractivity (Wildman–Crippen MR) is 116 cm³/mol. The van der Waals surface area contributed by atoms with Gasteiger partial charge in [0.2, 0.25) is 5.91 Å². The number of ether oxygens (including phenoxy) is 2. The molecule has 5 nitrogen and oxygen atoms in total. The molecule has 1 saturated carbocycles. The first kappa shape index (κ1) is 20.5. The van der Waals surface area contributed by atoms with Crippen molar-refractivity contribution < 1.29 is 14.3 Å². The van der Waals surface area contributed by atoms with Crippen molar-refractivity contribution in [3.63, 3.8) is 0 Å². The van der Waals surface area contributed by atoms with Gasteiger partial charge in [-0.2, -0.15) is 0 Å². The fourth-order valence-corrected chi connectivity index (χ4v) is 6.11. The maximum atomic E-state index is 13.0. The number of nitrogens with zero attached hydrogens (tertiary/aromatic N) is 2. The van der Waals surface area contributed by atoms with E-state index in [0.717, 1.165) is 78.4 Å². The van der Waals surface area contributed by atoms with E-state index in [1.807, 2.05) is 0 Å². The molecule has 0 N–H and O–H groups in total. The van der Waals surface area contributed by atoms with Crippen LogP contribution in [0.25, 0.3) is 0 Å². The van der Waals surface area contributed by atoms with E-state index in [-0.39, 0.29) is 5.92 Å². The highest BCUT2D eigenvalue weighted by molar-refractivity contribution is 5.79. The minimum atomic E-state index is 0.196. The summed E-state index contributed by atoms with van der Waals surface area (Å²) in [6.07, 6.45) is 5.47. The van der Waals surface area contributed by atoms with E-state index >= 15 is 0 Å². The maximum Gasteiger partial charge on any atom is 0.225 e. The number of hydrogen-bond acceptors (Lipinski definition) is 4. The fraction of sp³-hybridized carbons (Fsp3) is 0.720. The average molecular weight is 413 g/mol. The van der Waals surface area contributed by atoms with Gasteiger partial charge in [0, 0.05) is 51.9 Å². The number of rotatable bonds is 5. The van der Waals surface area contributed by atoms with Crippen molar-refractivity contribution in [3.8, 4) is 0 Å². The highest BCUT2D eigenvalue weighted by Gasteiger charge is 2.45. The minimum absolute atomic E-state index is 0.196. The predicted octanol–water partition coefficient (Wildman–Crippen LogP) is 2.94. The van der Waals surface area contributed by atoms with Crippen LogP contribution in [0.3, 0.4) is 0 Å². The second-order valence-electron chi connectivity index (χ2n) is 9.68. The molecule has 3 unspecified atom stereocenters. The smallest absolute Gasteiger partial charge is 0.225 e. The highest BCUT2D eigenvalue weighted by atomic mass is 16.5. The normalized spacial score (nSPS) is 30.5. The molecule has 0 bridgehead atoms. The lowest BCUT2D eigenvalue weighted by Gasteiger charge is -2.27. The monoisotopic (exact) mass is 412 g/mol. The molecule has 164 valence electrons. The van der Waals surface area contributed by atoms with Crippen molar-refractivity contribution >= 4 is 5.91 Å². The van der Waals surface area contributed by atoms with Gasteiger partial charge in [-0.15, -0.1) is 0 Å². The number of benzene rings is 1. The number of carbonyl (C=O) groups excluding carboxylic acids is 1. The van der Waals surface area contributed by atoms with Crippen LogP contribution in [-0.4, -0.2) is 74.9 Å². The van der Waals surface area contributed by atoms with Crippen LogP contribution in [0.4, 0.5) is 0 Å². The van der Waals surface area contributed by atoms with Crippen molar-refractivity contribution in [2.24, 2.45) is 17.8 Å². The summed E-state index contributed by atoms with van der Waals surface area (Å²) in [7, 11) is 0. The molecule has 0 radical (unpaired) electrons. The number of hydrogen-bond donors (Lipinski definition) is 0. The second-order valence-corrected chi connectivity index (χ2v) is 9.68. The third kappa shape index (κ3) is 4.44. The van der Waals surface area contributed by atoms with E-state index in [2.05, 4.69) is 34.1 Å². The van der Waals surface area contributed by atoms with E-state index in [9.17, 15) is 4.79 Å². The molecule has 1 aliphatic carbocycles. The van der Waals surface area contributed by atoms with Crippen molar-refractivity contribution in [1.29, 1.82) is 0 Å². The van der Waals surface area contributed by atoms with Crippen molar-refractivity contribution in [2.75, 3.05) is 59.2 Å². The maximum absolute atomic E-state index is 13.0. The molecule has 4 fully saturated rings. The Balaban J connectivity index is 1.16. The Hall–Kier alpha value is -1.43. The molecule has 0 spiro atoms. The third-order valence-corrected chi connectivity index (χ3v) is 7.97. The summed E-state index contributed by atoms with van der Waals surface area (Å²) < 4.78 is 10.9. The quantitative estimate of drug-likeness (QED) is 0.746. The summed E-state index contributed by atoms with van der Waals surface area (Å²) in [5.41, 5.74) is 2.92. The summed E-state index contributed by atoms with van der Waals surface area (Å²) in [5.74, 6) is 2.55. The van der Waals surface area contributed by atoms with E-state index in [0.29, 0.717) is 23.7 Å². The fourth-order valence-electron chi connectivity index (χ4n) is 6.11. The van der Waals surface area contributed by atoms with Crippen molar-refractivity contribution in [2.45, 2.75) is 38.0 Å². The Bertz CT molecular complexity index is 710. The summed E-state index contributed by atoms with van der Waals surface area (Å²) >= 11 is 0. The number of amides is 1. The molecule has 3 heterocycles. The Morgan fingerprint density at radius 2 is 1.63 bits per heavy atom. The Morgan fingerprint density at radius 3 is 2.40 bits per heavy atom. The number of fused-ring (bicyclic) bond motifs is 1. The van der Waals surface area contributed by atoms with Crippen LogP contribution in [0.1, 0.15) is 42.7 Å². The Labute approximate surface area is 180 Å². The van der Waals surface area contributed by atoms with Gasteiger partial charge in [0.15, 0.2) is 0 Å². The van der Waals surface area contributed by atoms with Gasteiger partial charge >= 0.3 is 0 Å². The van der Waals surface area contributed by atoms with Crippen LogP contribution in [0.2, 0.25) is 0 Å². The minimum Gasteiger partial charge on any atom is -0.381 e. The lowest BCUT2D eigenvalue weighted by molar-refractivity contribution is -0.137. The standard InChI is InChI=1S/C25H36N2O3/c28-25(21-8-13-29-14-9-21)27-17-22-5-6-23(24(22)18-27)20-3-1-19(2-4-20)7-10-26-11-15-30-16-12-26/h1-4,21-24H,5-18H2. The molecule has 3 saturated heterocycles. The van der Waals surface area contributed by atoms with Gasteiger partial charge in [0.1, 0.15) is 0 Å². The number of likely N-dealkylation sites (tertiary alicyclic amines) is 1. The molecular weight excluding hydrogens is 376 g/mol. The summed E-state index contributed by atoms with van der Waals surface area (Å²) in [6.45, 7) is 8.43. The molecule has 1 aromatic rings. The molecule has 5 rings (SSSR count). The summed E-state index contributed by atoms with van der Waals surface area (Å²) in [6, 6.07) is 9.40. The Morgan fingerprint density at radius 1 is 0.900 bits per heavy atom. The topological polar surface area (TPSA) is 42.0 Å². The SMILES string of the molecule is O=C(C1CCOCC1)N1CC2CCC(c3ccc(CCN4CCOCC4)cc3)C2C1. The van der Waals surface area contributed by atoms with Crippen molar-refractivity contribution in [1.82, 2.24) is 9.80 Å². The first-order valence-corrected chi connectivity index (χ1v) is 12.0. The van der Waals surface area contributed by atoms with Crippen molar-refractivity contribution in [3.05, 3.63) is 35.4 Å². The second kappa shape index (κ2) is 9.37. The molecule has 3 aliphatic heterocycles. The number of morpholine rings is 1. The van der Waals surface area contributed by atoms with Crippen LogP contribution in [0, 0.1) is 17.8 Å². The molecule has 4 aliphatic rings. The average Bonchev–Trinajstić information content (AvgIpc) is 3.40. The van der Waals surface area contributed by atoms with Gasteiger partial charge < -0.3 is 14.4 Å². The van der Waals surface area contributed by atoms with E-state index in [1.54, 1.807) is 0 Å². The molecule has 5 heteroatoms. The van der Waals surface area contributed by atoms with Gasteiger partial charge in [0.05, 0.1) is 13.2 Å². The zero-order valence-electron chi connectivity index (χ0n) is 18.1. The zero-order valence-corrected chi connectivity index (χ0v) is 18.1. The van der Waals surface area contributed by atoms with E-state index in [4.69, 9.17) is 9.47 Å². The van der Waals surface area contributed by atoms with Gasteiger partial charge in [0.25, 0.3) is 0 Å². The molecule has 0 aromatic heterocycles. The Kier molecular flexibility index (Phi) is 6.40.